The molecule has 5 heteroatoms. The summed E-state index contributed by atoms with van der Waals surface area (Å²) in [6.07, 6.45) is 0.437. The van der Waals surface area contributed by atoms with Gasteiger partial charge in [-0.15, -0.1) is 0 Å². The summed E-state index contributed by atoms with van der Waals surface area (Å²) in [6.45, 7) is 7.82. The minimum absolute atomic E-state index is 0.0195. The van der Waals surface area contributed by atoms with Crippen LogP contribution in [0, 0.1) is 0 Å². The molecular formula is C12H24N2O3. The van der Waals surface area contributed by atoms with Crippen molar-refractivity contribution in [1.82, 2.24) is 10.6 Å². The van der Waals surface area contributed by atoms with E-state index in [0.29, 0.717) is 19.4 Å². The molecule has 0 spiro atoms. The number of hydrogen-bond donors (Lipinski definition) is 2. The van der Waals surface area contributed by atoms with E-state index >= 15 is 0 Å². The van der Waals surface area contributed by atoms with Crippen LogP contribution < -0.4 is 10.6 Å². The van der Waals surface area contributed by atoms with Gasteiger partial charge in [0.1, 0.15) is 5.60 Å². The highest BCUT2D eigenvalue weighted by Crippen LogP contribution is 2.07. The van der Waals surface area contributed by atoms with Crippen LogP contribution in [0.1, 0.15) is 40.5 Å². The predicted octanol–water partition coefficient (Wildman–Crippen LogP) is 1.47. The Morgan fingerprint density at radius 2 is 1.88 bits per heavy atom. The molecule has 1 amide bonds. The molecule has 0 aromatic rings. The Balaban J connectivity index is 4.32. The van der Waals surface area contributed by atoms with E-state index in [1.165, 1.54) is 0 Å². The van der Waals surface area contributed by atoms with Gasteiger partial charge in [0.05, 0.1) is 6.04 Å². The number of rotatable bonds is 6. The summed E-state index contributed by atoms with van der Waals surface area (Å²) in [5.74, 6) is 0.0195. The lowest BCUT2D eigenvalue weighted by molar-refractivity contribution is -0.120. The second-order valence-electron chi connectivity index (χ2n) is 4.91. The highest BCUT2D eigenvalue weighted by Gasteiger charge is 2.22. The number of carbonyl (C=O) groups excluding carboxylic acids is 2. The van der Waals surface area contributed by atoms with Crippen LogP contribution in [0.3, 0.4) is 0 Å². The summed E-state index contributed by atoms with van der Waals surface area (Å²) in [7, 11) is 1.81. The topological polar surface area (TPSA) is 67.4 Å². The van der Waals surface area contributed by atoms with Gasteiger partial charge in [-0.05, 0) is 40.8 Å². The molecule has 0 aliphatic carbocycles. The average molecular weight is 244 g/mol. The molecule has 0 saturated heterocycles. The molecule has 17 heavy (non-hydrogen) atoms. The first-order valence-electron chi connectivity index (χ1n) is 5.97. The van der Waals surface area contributed by atoms with Gasteiger partial charge in [0.2, 0.25) is 0 Å². The smallest absolute Gasteiger partial charge is 0.408 e. The van der Waals surface area contributed by atoms with Gasteiger partial charge in [0.25, 0.3) is 0 Å². The highest BCUT2D eigenvalue weighted by atomic mass is 16.6. The van der Waals surface area contributed by atoms with Gasteiger partial charge in [0.15, 0.2) is 5.78 Å². The summed E-state index contributed by atoms with van der Waals surface area (Å²) < 4.78 is 5.12. The number of ketones is 1. The minimum Gasteiger partial charge on any atom is -0.444 e. The van der Waals surface area contributed by atoms with Crippen LogP contribution in [-0.4, -0.2) is 37.1 Å². The summed E-state index contributed by atoms with van der Waals surface area (Å²) in [5, 5.41) is 5.56. The molecular weight excluding hydrogens is 220 g/mol. The van der Waals surface area contributed by atoms with Gasteiger partial charge in [0, 0.05) is 6.42 Å². The third-order valence-electron chi connectivity index (χ3n) is 2.11. The molecule has 0 heterocycles. The highest BCUT2D eigenvalue weighted by molar-refractivity contribution is 5.87. The minimum atomic E-state index is -0.549. The zero-order valence-corrected chi connectivity index (χ0v) is 11.4. The number of hydrogen-bond acceptors (Lipinski definition) is 4. The quantitative estimate of drug-likeness (QED) is 0.742. The van der Waals surface area contributed by atoms with Crippen molar-refractivity contribution in [2.75, 3.05) is 13.6 Å². The molecule has 0 aromatic carbocycles. The summed E-state index contributed by atoms with van der Waals surface area (Å²) in [5.41, 5.74) is -0.549. The lowest BCUT2D eigenvalue weighted by atomic mass is 10.1. The van der Waals surface area contributed by atoms with Crippen LogP contribution in [0.4, 0.5) is 4.79 Å². The molecule has 2 N–H and O–H groups in total. The maximum atomic E-state index is 11.6. The molecule has 0 aliphatic rings. The van der Waals surface area contributed by atoms with Crippen molar-refractivity contribution in [3.8, 4) is 0 Å². The van der Waals surface area contributed by atoms with Crippen molar-refractivity contribution in [1.29, 1.82) is 0 Å². The second kappa shape index (κ2) is 7.27. The second-order valence-corrected chi connectivity index (χ2v) is 4.91. The van der Waals surface area contributed by atoms with E-state index < -0.39 is 17.7 Å². The van der Waals surface area contributed by atoms with E-state index in [-0.39, 0.29) is 5.78 Å². The summed E-state index contributed by atoms with van der Waals surface area (Å²) >= 11 is 0. The van der Waals surface area contributed by atoms with Crippen LogP contribution in [-0.2, 0) is 9.53 Å². The zero-order valence-electron chi connectivity index (χ0n) is 11.4. The Morgan fingerprint density at radius 3 is 2.29 bits per heavy atom. The summed E-state index contributed by atoms with van der Waals surface area (Å²) in [4.78, 5) is 23.2. The molecule has 0 bridgehead atoms. The average Bonchev–Trinajstić information content (AvgIpc) is 2.20. The van der Waals surface area contributed by atoms with Gasteiger partial charge in [-0.3, -0.25) is 4.79 Å². The third-order valence-corrected chi connectivity index (χ3v) is 2.11. The fourth-order valence-electron chi connectivity index (χ4n) is 1.30. The molecule has 1 unspecified atom stereocenters. The fourth-order valence-corrected chi connectivity index (χ4v) is 1.30. The molecule has 5 nitrogen and oxygen atoms in total. The Hall–Kier alpha value is -1.10. The molecule has 0 aromatic heterocycles. The molecule has 0 radical (unpaired) electrons. The number of Topliss-reactive ketones (excluding diaryl/α,β-unsaturated/α-hetero) is 1. The maximum absolute atomic E-state index is 11.6. The van der Waals surface area contributed by atoms with E-state index in [9.17, 15) is 9.59 Å². The molecule has 0 aliphatic heterocycles. The predicted molar refractivity (Wildman–Crippen MR) is 67.0 cm³/mol. The van der Waals surface area contributed by atoms with Gasteiger partial charge < -0.3 is 15.4 Å². The van der Waals surface area contributed by atoms with Crippen molar-refractivity contribution in [3.63, 3.8) is 0 Å². The first-order valence-corrected chi connectivity index (χ1v) is 5.97. The maximum Gasteiger partial charge on any atom is 0.408 e. The fraction of sp³-hybridized carbons (Fsp3) is 0.833. The van der Waals surface area contributed by atoms with Gasteiger partial charge >= 0.3 is 6.09 Å². The number of nitrogens with one attached hydrogen (secondary N) is 2. The standard InChI is InChI=1S/C12H24N2O3/c1-6-10(15)9(7-8-13-5)14-11(16)17-12(2,3)4/h9,13H,6-8H2,1-5H3,(H,14,16). The van der Waals surface area contributed by atoms with Crippen molar-refractivity contribution >= 4 is 11.9 Å². The first-order chi connectivity index (χ1) is 7.80. The summed E-state index contributed by atoms with van der Waals surface area (Å²) in [6, 6.07) is -0.470. The van der Waals surface area contributed by atoms with E-state index in [2.05, 4.69) is 10.6 Å². The van der Waals surface area contributed by atoms with E-state index in [0.717, 1.165) is 0 Å². The monoisotopic (exact) mass is 244 g/mol. The van der Waals surface area contributed by atoms with Crippen molar-refractivity contribution in [3.05, 3.63) is 0 Å². The van der Waals surface area contributed by atoms with E-state index in [1.807, 2.05) is 0 Å². The van der Waals surface area contributed by atoms with Crippen molar-refractivity contribution in [2.45, 2.75) is 52.2 Å². The number of amides is 1. The van der Waals surface area contributed by atoms with Gasteiger partial charge in [-0.1, -0.05) is 6.92 Å². The molecule has 0 rings (SSSR count). The van der Waals surface area contributed by atoms with Crippen LogP contribution >= 0.6 is 0 Å². The van der Waals surface area contributed by atoms with Crippen LogP contribution in [0.5, 0.6) is 0 Å². The number of carbonyl (C=O) groups is 2. The van der Waals surface area contributed by atoms with E-state index in [1.54, 1.807) is 34.7 Å². The first kappa shape index (κ1) is 15.9. The van der Waals surface area contributed by atoms with Crippen LogP contribution in [0.25, 0.3) is 0 Å². The number of ether oxygens (including phenoxy) is 1. The number of alkyl carbamates (subject to hydrolysis) is 1. The Morgan fingerprint density at radius 1 is 1.29 bits per heavy atom. The van der Waals surface area contributed by atoms with Crippen molar-refractivity contribution < 1.29 is 14.3 Å². The van der Waals surface area contributed by atoms with E-state index in [4.69, 9.17) is 4.74 Å². The lowest BCUT2D eigenvalue weighted by Gasteiger charge is -2.22. The normalized spacial score (nSPS) is 13.0. The van der Waals surface area contributed by atoms with Crippen LogP contribution in [0.15, 0.2) is 0 Å². The zero-order chi connectivity index (χ0) is 13.5. The molecule has 0 saturated carbocycles. The Bertz CT molecular complexity index is 259. The third kappa shape index (κ3) is 7.74. The largest absolute Gasteiger partial charge is 0.444 e. The Kier molecular flexibility index (Phi) is 6.80. The lowest BCUT2D eigenvalue weighted by Crippen LogP contribution is -2.44. The SMILES string of the molecule is CCC(=O)C(CCNC)NC(=O)OC(C)(C)C. The molecule has 100 valence electrons. The molecule has 0 fully saturated rings. The van der Waals surface area contributed by atoms with Crippen LogP contribution in [0.2, 0.25) is 0 Å². The van der Waals surface area contributed by atoms with Gasteiger partial charge in [-0.25, -0.2) is 4.79 Å². The van der Waals surface area contributed by atoms with Crippen molar-refractivity contribution in [2.24, 2.45) is 0 Å². The molecule has 1 atom stereocenters. The van der Waals surface area contributed by atoms with Gasteiger partial charge in [-0.2, -0.15) is 0 Å². The Labute approximate surface area is 103 Å².